The van der Waals surface area contributed by atoms with E-state index >= 15 is 0 Å². The molecule has 2 bridgehead atoms. The van der Waals surface area contributed by atoms with Gasteiger partial charge in [0.05, 0.1) is 42.1 Å². The molecule has 13 nitrogen and oxygen atoms in total. The lowest BCUT2D eigenvalue weighted by atomic mass is 9.92. The molecule has 58 heavy (non-hydrogen) atoms. The number of nitrogens with zero attached hydrogens (tertiary/aromatic N) is 4. The number of likely N-dealkylation sites (tertiary alicyclic amines) is 2. The quantitative estimate of drug-likeness (QED) is 0.148. The summed E-state index contributed by atoms with van der Waals surface area (Å²) in [6.07, 6.45) is 5.65. The van der Waals surface area contributed by atoms with Crippen LogP contribution in [0.1, 0.15) is 96.0 Å². The number of H-pyrrole nitrogens is 2. The molecule has 0 unspecified atom stereocenters. The van der Waals surface area contributed by atoms with Crippen molar-refractivity contribution in [1.82, 2.24) is 35.1 Å². The van der Waals surface area contributed by atoms with Gasteiger partial charge in [0.1, 0.15) is 35.6 Å². The van der Waals surface area contributed by atoms with Crippen LogP contribution in [-0.2, 0) is 20.9 Å². The Morgan fingerprint density at radius 3 is 2.50 bits per heavy atom. The normalized spacial score (nSPS) is 21.5. The molecular formula is C45H51N7O6. The Morgan fingerprint density at radius 1 is 0.931 bits per heavy atom. The molecule has 3 amide bonds. The molecule has 3 aromatic carbocycles. The third kappa shape index (κ3) is 6.83. The van der Waals surface area contributed by atoms with Gasteiger partial charge in [-0.05, 0) is 117 Å². The smallest absolute Gasteiger partial charge is 0.411 e. The number of aromatic amines is 2. The van der Waals surface area contributed by atoms with Crippen LogP contribution >= 0.6 is 0 Å². The maximum absolute atomic E-state index is 13.6. The number of nitrogens with one attached hydrogen (secondary N) is 3. The highest BCUT2D eigenvalue weighted by atomic mass is 16.6. The number of aromatic nitrogens is 4. The number of rotatable bonds is 7. The van der Waals surface area contributed by atoms with Gasteiger partial charge in [-0.15, -0.1) is 0 Å². The predicted molar refractivity (Wildman–Crippen MR) is 219 cm³/mol. The highest BCUT2D eigenvalue weighted by Crippen LogP contribution is 2.50. The van der Waals surface area contributed by atoms with Gasteiger partial charge in [0, 0.05) is 18.2 Å². The van der Waals surface area contributed by atoms with Crippen LogP contribution in [0.4, 0.5) is 9.59 Å². The van der Waals surface area contributed by atoms with Crippen molar-refractivity contribution in [1.29, 1.82) is 0 Å². The van der Waals surface area contributed by atoms with E-state index in [1.807, 2.05) is 56.7 Å². The summed E-state index contributed by atoms with van der Waals surface area (Å²) >= 11 is 0. The zero-order chi connectivity index (χ0) is 40.5. The van der Waals surface area contributed by atoms with Gasteiger partial charge in [-0.25, -0.2) is 19.6 Å². The fourth-order valence-corrected chi connectivity index (χ4v) is 9.45. The second-order valence-electron chi connectivity index (χ2n) is 17.5. The maximum atomic E-state index is 13.6. The van der Waals surface area contributed by atoms with Crippen LogP contribution < -0.4 is 10.1 Å². The van der Waals surface area contributed by atoms with Gasteiger partial charge in [-0.1, -0.05) is 44.2 Å². The highest BCUT2D eigenvalue weighted by Gasteiger charge is 2.51. The van der Waals surface area contributed by atoms with E-state index in [9.17, 15) is 14.4 Å². The minimum Gasteiger partial charge on any atom is -0.488 e. The van der Waals surface area contributed by atoms with Crippen molar-refractivity contribution in [3.05, 3.63) is 78.0 Å². The molecule has 0 spiro atoms. The number of imidazole rings is 2. The second-order valence-corrected chi connectivity index (χ2v) is 17.5. The van der Waals surface area contributed by atoms with Crippen molar-refractivity contribution >= 4 is 29.1 Å². The number of carbonyl (C=O) groups excluding carboxylic acids is 3. The molecule has 5 atom stereocenters. The largest absolute Gasteiger partial charge is 0.488 e. The average molecular weight is 786 g/mol. The van der Waals surface area contributed by atoms with Crippen LogP contribution in [-0.4, -0.2) is 79.2 Å². The van der Waals surface area contributed by atoms with Gasteiger partial charge in [-0.3, -0.25) is 9.69 Å². The molecule has 2 aromatic heterocycles. The Balaban J connectivity index is 0.921. The maximum Gasteiger partial charge on any atom is 0.411 e. The second kappa shape index (κ2) is 14.5. The third-order valence-corrected chi connectivity index (χ3v) is 12.2. The summed E-state index contributed by atoms with van der Waals surface area (Å²) in [5.41, 5.74) is 8.40. The first kappa shape index (κ1) is 37.7. The van der Waals surface area contributed by atoms with E-state index in [0.29, 0.717) is 19.1 Å². The minimum atomic E-state index is -0.688. The highest BCUT2D eigenvalue weighted by molar-refractivity contribution is 5.87. The molecule has 9 rings (SSSR count). The number of alkyl carbamates (subject to hydrolysis) is 1. The molecule has 1 aliphatic carbocycles. The molecular weight excluding hydrogens is 735 g/mol. The van der Waals surface area contributed by atoms with E-state index in [1.165, 1.54) is 7.11 Å². The Morgan fingerprint density at radius 2 is 1.71 bits per heavy atom. The third-order valence-electron chi connectivity index (χ3n) is 12.2. The van der Waals surface area contributed by atoms with E-state index in [-0.39, 0.29) is 36.0 Å². The number of carbonyl (C=O) groups is 3. The molecule has 3 aliphatic heterocycles. The summed E-state index contributed by atoms with van der Waals surface area (Å²) in [4.78, 5) is 59.5. The van der Waals surface area contributed by atoms with Crippen LogP contribution in [0.3, 0.4) is 0 Å². The molecule has 0 radical (unpaired) electrons. The van der Waals surface area contributed by atoms with Crippen LogP contribution in [0.25, 0.3) is 44.5 Å². The van der Waals surface area contributed by atoms with Crippen LogP contribution in [0, 0.1) is 11.8 Å². The first-order chi connectivity index (χ1) is 27.8. The summed E-state index contributed by atoms with van der Waals surface area (Å²) < 4.78 is 17.0. The number of methoxy groups -OCH3 is 1. The molecule has 5 aromatic rings. The molecule has 2 saturated heterocycles. The number of hydrogen-bond acceptors (Lipinski definition) is 8. The van der Waals surface area contributed by atoms with E-state index in [0.717, 1.165) is 99.6 Å². The Bertz CT molecular complexity index is 2410. The van der Waals surface area contributed by atoms with E-state index in [1.54, 1.807) is 0 Å². The van der Waals surface area contributed by atoms with E-state index in [2.05, 4.69) is 63.8 Å². The van der Waals surface area contributed by atoms with Crippen molar-refractivity contribution in [3.8, 4) is 39.3 Å². The summed E-state index contributed by atoms with van der Waals surface area (Å²) in [6, 6.07) is 18.2. The zero-order valence-corrected chi connectivity index (χ0v) is 33.9. The Kier molecular flexibility index (Phi) is 9.44. The number of benzene rings is 3. The zero-order valence-electron chi connectivity index (χ0n) is 33.9. The minimum absolute atomic E-state index is 0.104. The molecule has 13 heteroatoms. The number of hydrogen-bond donors (Lipinski definition) is 3. The van der Waals surface area contributed by atoms with Gasteiger partial charge in [0.2, 0.25) is 5.91 Å². The van der Waals surface area contributed by atoms with Crippen molar-refractivity contribution in [2.75, 3.05) is 13.7 Å². The standard InChI is InChI=1S/C45H51N7O6/c1-24(2)38(50-43(54)56-6)42(53)51-17-7-8-36(51)40-46-22-35(49-40)27-11-14-31-29(18-27)23-57-37-21-26(10-15-32(31)37)25-12-16-33-34(20-25)48-41(47-33)39-28-9-13-30(19-28)52(39)44(55)58-45(3,4)5/h10-12,14-16,18,20-22,24,28,30,36,38-39H,7-9,13,17,19,23H2,1-6H3,(H,46,49)(H,47,48)(H,50,54)/t28-,30+,36-,38-,39-/m0/s1. The van der Waals surface area contributed by atoms with Crippen molar-refractivity contribution in [2.45, 2.75) is 103 Å². The lowest BCUT2D eigenvalue weighted by Crippen LogP contribution is -2.51. The van der Waals surface area contributed by atoms with Crippen molar-refractivity contribution in [2.24, 2.45) is 11.8 Å². The van der Waals surface area contributed by atoms with Crippen LogP contribution in [0.2, 0.25) is 0 Å². The first-order valence-electron chi connectivity index (χ1n) is 20.5. The molecule has 5 heterocycles. The van der Waals surface area contributed by atoms with Crippen molar-refractivity contribution < 1.29 is 28.6 Å². The molecule has 4 aliphatic rings. The van der Waals surface area contributed by atoms with Gasteiger partial charge in [0.15, 0.2) is 0 Å². The molecule has 302 valence electrons. The van der Waals surface area contributed by atoms with E-state index < -0.39 is 17.7 Å². The monoisotopic (exact) mass is 785 g/mol. The van der Waals surface area contributed by atoms with Gasteiger partial charge < -0.3 is 34.4 Å². The summed E-state index contributed by atoms with van der Waals surface area (Å²) in [7, 11) is 1.30. The number of ether oxygens (including phenoxy) is 3. The predicted octanol–water partition coefficient (Wildman–Crippen LogP) is 8.68. The van der Waals surface area contributed by atoms with Crippen molar-refractivity contribution in [3.63, 3.8) is 0 Å². The van der Waals surface area contributed by atoms with Gasteiger partial charge >= 0.3 is 12.2 Å². The average Bonchev–Trinajstić information content (AvgIpc) is 4.06. The van der Waals surface area contributed by atoms with Crippen LogP contribution in [0.15, 0.2) is 60.8 Å². The first-order valence-corrected chi connectivity index (χ1v) is 20.5. The van der Waals surface area contributed by atoms with Crippen LogP contribution in [0.5, 0.6) is 5.75 Å². The molecule has 1 saturated carbocycles. The summed E-state index contributed by atoms with van der Waals surface area (Å²) in [6.45, 7) is 10.6. The topological polar surface area (TPSA) is 155 Å². The van der Waals surface area contributed by atoms with Gasteiger partial charge in [0.25, 0.3) is 0 Å². The SMILES string of the molecule is COC(=O)N[C@H](C(=O)N1CCC[C@H]1c1ncc(-c2ccc3c(c2)COc2cc(-c4ccc5nc([C@@H]6[C@H]7CC[C@H](C7)N6C(=O)OC(C)(C)C)[nH]c5c4)ccc2-3)[nH]1)C(C)C. The van der Waals surface area contributed by atoms with E-state index in [4.69, 9.17) is 24.2 Å². The number of fused-ring (bicyclic) bond motifs is 6. The number of piperidine rings is 1. The lowest BCUT2D eigenvalue weighted by molar-refractivity contribution is -0.135. The fraction of sp³-hybridized carbons (Fsp3) is 0.444. The molecule has 3 fully saturated rings. The number of amides is 3. The lowest BCUT2D eigenvalue weighted by Gasteiger charge is -2.35. The Hall–Kier alpha value is -5.85. The Labute approximate surface area is 337 Å². The summed E-state index contributed by atoms with van der Waals surface area (Å²) in [5, 5.41) is 2.71. The fourth-order valence-electron chi connectivity index (χ4n) is 9.45. The summed E-state index contributed by atoms with van der Waals surface area (Å²) in [5.74, 6) is 2.51. The van der Waals surface area contributed by atoms with Gasteiger partial charge in [-0.2, -0.15) is 0 Å². The molecule has 3 N–H and O–H groups in total.